The molecule has 0 heterocycles. The number of hydrazine groups is 1. The van der Waals surface area contributed by atoms with Gasteiger partial charge in [0.25, 0.3) is 5.91 Å². The summed E-state index contributed by atoms with van der Waals surface area (Å²) in [5.74, 6) is -0.0175. The van der Waals surface area contributed by atoms with Crippen molar-refractivity contribution in [2.24, 2.45) is 0 Å². The quantitative estimate of drug-likeness (QED) is 0.655. The first-order valence-corrected chi connectivity index (χ1v) is 9.31. The molecular formula is C13H22N2OSi. The maximum absolute atomic E-state index is 12.1. The van der Waals surface area contributed by atoms with E-state index in [2.05, 4.69) is 37.2 Å². The molecular weight excluding hydrogens is 228 g/mol. The Morgan fingerprint density at radius 1 is 1.24 bits per heavy atom. The number of nitrogens with zero attached hydrogens (tertiary/aromatic N) is 1. The van der Waals surface area contributed by atoms with Gasteiger partial charge in [-0.2, -0.15) is 0 Å². The Bertz CT molecular complexity index is 422. The Hall–Kier alpha value is -1.13. The summed E-state index contributed by atoms with van der Waals surface area (Å²) >= 11 is 0. The first-order valence-electron chi connectivity index (χ1n) is 5.81. The van der Waals surface area contributed by atoms with Gasteiger partial charge in [-0.3, -0.25) is 10.2 Å². The maximum atomic E-state index is 12.1. The van der Waals surface area contributed by atoms with Gasteiger partial charge in [0.1, 0.15) is 0 Å². The number of rotatable bonds is 3. The molecule has 0 aromatic heterocycles. The summed E-state index contributed by atoms with van der Waals surface area (Å²) in [5, 5.41) is 2.89. The van der Waals surface area contributed by atoms with Crippen LogP contribution in [-0.4, -0.2) is 33.1 Å². The average Bonchev–Trinajstić information content (AvgIpc) is 2.14. The Labute approximate surface area is 105 Å². The highest BCUT2D eigenvalue weighted by Gasteiger charge is 2.23. The zero-order valence-corrected chi connectivity index (χ0v) is 12.6. The number of benzene rings is 1. The second-order valence-corrected chi connectivity index (χ2v) is 10.7. The maximum Gasteiger partial charge on any atom is 0.265 e. The van der Waals surface area contributed by atoms with Crippen molar-refractivity contribution >= 4 is 19.2 Å². The van der Waals surface area contributed by atoms with E-state index in [4.69, 9.17) is 0 Å². The molecule has 3 nitrogen and oxygen atoms in total. The van der Waals surface area contributed by atoms with Crippen molar-refractivity contribution in [2.75, 3.05) is 14.1 Å². The van der Waals surface area contributed by atoms with Crippen LogP contribution in [0.25, 0.3) is 0 Å². The minimum atomic E-state index is -1.49. The highest BCUT2D eigenvalue weighted by molar-refractivity contribution is 6.89. The van der Waals surface area contributed by atoms with Crippen molar-refractivity contribution in [3.05, 3.63) is 29.3 Å². The molecule has 0 atom stereocenters. The van der Waals surface area contributed by atoms with Crippen LogP contribution in [0.4, 0.5) is 0 Å². The molecule has 1 aromatic rings. The van der Waals surface area contributed by atoms with E-state index in [1.165, 1.54) is 5.19 Å². The Morgan fingerprint density at radius 3 is 2.29 bits per heavy atom. The molecule has 1 amide bonds. The monoisotopic (exact) mass is 250 g/mol. The molecule has 94 valence electrons. The molecule has 0 unspecified atom stereocenters. The number of hydrogen-bond acceptors (Lipinski definition) is 2. The van der Waals surface area contributed by atoms with Gasteiger partial charge in [-0.25, -0.2) is 5.01 Å². The van der Waals surface area contributed by atoms with Crippen molar-refractivity contribution < 1.29 is 4.79 Å². The topological polar surface area (TPSA) is 32.3 Å². The largest absolute Gasteiger partial charge is 0.285 e. The van der Waals surface area contributed by atoms with E-state index in [0.29, 0.717) is 0 Å². The van der Waals surface area contributed by atoms with Crippen molar-refractivity contribution in [1.29, 1.82) is 0 Å². The molecule has 1 N–H and O–H groups in total. The first-order chi connectivity index (χ1) is 7.71. The fourth-order valence-electron chi connectivity index (χ4n) is 1.76. The van der Waals surface area contributed by atoms with Gasteiger partial charge >= 0.3 is 0 Å². The number of carbonyl (C=O) groups is 1. The van der Waals surface area contributed by atoms with E-state index in [1.54, 1.807) is 5.01 Å². The van der Waals surface area contributed by atoms with Crippen LogP contribution in [0, 0.1) is 6.92 Å². The van der Waals surface area contributed by atoms with Gasteiger partial charge in [-0.05, 0) is 18.2 Å². The zero-order chi connectivity index (χ0) is 13.2. The predicted octanol–water partition coefficient (Wildman–Crippen LogP) is 1.75. The van der Waals surface area contributed by atoms with Crippen LogP contribution in [0.2, 0.25) is 19.6 Å². The SMILES string of the molecule is Cc1ccc([Si](C)(C)C)c(C(=O)NN(C)C)c1. The second-order valence-electron chi connectivity index (χ2n) is 5.63. The van der Waals surface area contributed by atoms with Gasteiger partial charge in [0.05, 0.1) is 8.07 Å². The summed E-state index contributed by atoms with van der Waals surface area (Å²) in [4.78, 5) is 12.1. The smallest absolute Gasteiger partial charge is 0.265 e. The summed E-state index contributed by atoms with van der Waals surface area (Å²) in [6.07, 6.45) is 0. The van der Waals surface area contributed by atoms with Gasteiger partial charge in [0, 0.05) is 19.7 Å². The molecule has 0 saturated carbocycles. The minimum Gasteiger partial charge on any atom is -0.285 e. The van der Waals surface area contributed by atoms with Crippen LogP contribution in [0.5, 0.6) is 0 Å². The van der Waals surface area contributed by atoms with Crippen molar-refractivity contribution in [1.82, 2.24) is 10.4 Å². The van der Waals surface area contributed by atoms with Crippen LogP contribution < -0.4 is 10.6 Å². The van der Waals surface area contributed by atoms with Crippen LogP contribution in [0.3, 0.4) is 0 Å². The van der Waals surface area contributed by atoms with Gasteiger partial charge in [-0.1, -0.05) is 37.3 Å². The summed E-state index contributed by atoms with van der Waals surface area (Å²) in [5.41, 5.74) is 4.75. The molecule has 0 radical (unpaired) electrons. The third-order valence-corrected chi connectivity index (χ3v) is 4.60. The van der Waals surface area contributed by atoms with E-state index in [-0.39, 0.29) is 5.91 Å². The molecule has 17 heavy (non-hydrogen) atoms. The standard InChI is InChI=1S/C13H22N2OSi/c1-10-7-8-12(17(4,5)6)11(9-10)13(16)14-15(2)3/h7-9H,1-6H3,(H,14,16). The molecule has 4 heteroatoms. The van der Waals surface area contributed by atoms with Crippen molar-refractivity contribution in [3.63, 3.8) is 0 Å². The highest BCUT2D eigenvalue weighted by atomic mass is 28.3. The van der Waals surface area contributed by atoms with Gasteiger partial charge in [0.15, 0.2) is 0 Å². The molecule has 0 aliphatic rings. The molecule has 0 spiro atoms. The highest BCUT2D eigenvalue weighted by Crippen LogP contribution is 2.10. The summed E-state index contributed by atoms with van der Waals surface area (Å²) in [6, 6.07) is 6.17. The zero-order valence-electron chi connectivity index (χ0n) is 11.6. The van der Waals surface area contributed by atoms with Gasteiger partial charge in [-0.15, -0.1) is 0 Å². The number of nitrogens with one attached hydrogen (secondary N) is 1. The lowest BCUT2D eigenvalue weighted by molar-refractivity contribution is 0.0858. The van der Waals surface area contributed by atoms with E-state index < -0.39 is 8.07 Å². The summed E-state index contributed by atoms with van der Waals surface area (Å²) in [6.45, 7) is 8.78. The Morgan fingerprint density at radius 2 is 1.82 bits per heavy atom. The van der Waals surface area contributed by atoms with E-state index in [0.717, 1.165) is 11.1 Å². The number of aryl methyl sites for hydroxylation is 1. The molecule has 0 fully saturated rings. The van der Waals surface area contributed by atoms with E-state index in [9.17, 15) is 4.79 Å². The second kappa shape index (κ2) is 5.02. The normalized spacial score (nSPS) is 11.7. The molecule has 0 aliphatic carbocycles. The molecule has 1 rings (SSSR count). The first kappa shape index (κ1) is 13.9. The lowest BCUT2D eigenvalue weighted by atomic mass is 10.1. The van der Waals surface area contributed by atoms with E-state index >= 15 is 0 Å². The van der Waals surface area contributed by atoms with Crippen LogP contribution in [0.1, 0.15) is 15.9 Å². The molecule has 0 saturated heterocycles. The van der Waals surface area contributed by atoms with Crippen molar-refractivity contribution in [3.8, 4) is 0 Å². The van der Waals surface area contributed by atoms with Crippen LogP contribution >= 0.6 is 0 Å². The third kappa shape index (κ3) is 3.68. The Kier molecular flexibility index (Phi) is 4.11. The minimum absolute atomic E-state index is 0.0175. The average molecular weight is 250 g/mol. The van der Waals surface area contributed by atoms with Crippen LogP contribution in [-0.2, 0) is 0 Å². The predicted molar refractivity (Wildman–Crippen MR) is 75.3 cm³/mol. The lowest BCUT2D eigenvalue weighted by Crippen LogP contribution is -2.45. The number of carbonyl (C=O) groups excluding carboxylic acids is 1. The molecule has 1 aromatic carbocycles. The van der Waals surface area contributed by atoms with E-state index in [1.807, 2.05) is 27.1 Å². The lowest BCUT2D eigenvalue weighted by Gasteiger charge is -2.22. The van der Waals surface area contributed by atoms with Gasteiger partial charge < -0.3 is 0 Å². The fraction of sp³-hybridized carbons (Fsp3) is 0.462. The molecule has 0 aliphatic heterocycles. The summed E-state index contributed by atoms with van der Waals surface area (Å²) in [7, 11) is 2.15. The van der Waals surface area contributed by atoms with Crippen LogP contribution in [0.15, 0.2) is 18.2 Å². The van der Waals surface area contributed by atoms with Crippen molar-refractivity contribution in [2.45, 2.75) is 26.6 Å². The summed E-state index contributed by atoms with van der Waals surface area (Å²) < 4.78 is 0. The third-order valence-electron chi connectivity index (χ3n) is 2.55. The Balaban J connectivity index is 3.21. The number of hydrogen-bond donors (Lipinski definition) is 1. The number of amides is 1. The molecule has 0 bridgehead atoms. The van der Waals surface area contributed by atoms with Gasteiger partial charge in [0.2, 0.25) is 0 Å². The fourth-order valence-corrected chi connectivity index (χ4v) is 3.34.